The average molecular weight is 465 g/mol. The molecule has 0 aliphatic carbocycles. The highest BCUT2D eigenvalue weighted by molar-refractivity contribution is 7.22. The molecule has 2 heterocycles. The summed E-state index contributed by atoms with van der Waals surface area (Å²) in [6.45, 7) is 1.52. The van der Waals surface area contributed by atoms with Gasteiger partial charge >= 0.3 is 12.2 Å². The minimum absolute atomic E-state index is 0.126. The summed E-state index contributed by atoms with van der Waals surface area (Å²) in [6.07, 6.45) is -3.86. The summed E-state index contributed by atoms with van der Waals surface area (Å²) in [6, 6.07) is 8.01. The smallest absolute Gasteiger partial charge is 0.370 e. The molecular weight excluding hydrogens is 450 g/mol. The molecule has 0 saturated heterocycles. The first-order valence-corrected chi connectivity index (χ1v) is 9.94. The van der Waals surface area contributed by atoms with Gasteiger partial charge in [-0.3, -0.25) is 5.32 Å². The number of amides is 2. The van der Waals surface area contributed by atoms with Crippen LogP contribution in [0.25, 0.3) is 10.2 Å². The van der Waals surface area contributed by atoms with Gasteiger partial charge in [-0.1, -0.05) is 17.4 Å². The van der Waals surface area contributed by atoms with Crippen molar-refractivity contribution in [1.82, 2.24) is 15.0 Å². The fraction of sp³-hybridized carbons (Fsp3) is 0.150. The predicted molar refractivity (Wildman–Crippen MR) is 111 cm³/mol. The first-order valence-electron chi connectivity index (χ1n) is 9.12. The largest absolute Gasteiger partial charge is 0.428 e. The van der Waals surface area contributed by atoms with E-state index in [2.05, 4.69) is 25.6 Å². The van der Waals surface area contributed by atoms with Crippen LogP contribution in [-0.4, -0.2) is 32.3 Å². The highest BCUT2D eigenvalue weighted by atomic mass is 32.1. The van der Waals surface area contributed by atoms with E-state index >= 15 is 0 Å². The van der Waals surface area contributed by atoms with Gasteiger partial charge in [0.05, 0.1) is 10.2 Å². The van der Waals surface area contributed by atoms with Crippen LogP contribution in [0.2, 0.25) is 0 Å². The number of fused-ring (bicyclic) bond motifs is 1. The molecule has 0 saturated carbocycles. The van der Waals surface area contributed by atoms with Gasteiger partial charge in [-0.15, -0.1) is 0 Å². The van der Waals surface area contributed by atoms with E-state index in [0.717, 1.165) is 23.5 Å². The van der Waals surface area contributed by atoms with E-state index in [-0.39, 0.29) is 5.13 Å². The zero-order valence-corrected chi connectivity index (χ0v) is 17.1. The fourth-order valence-electron chi connectivity index (χ4n) is 3.03. The van der Waals surface area contributed by atoms with Gasteiger partial charge in [0.15, 0.2) is 11.0 Å². The lowest BCUT2D eigenvalue weighted by molar-refractivity contribution is -0.251. The third kappa shape index (κ3) is 4.01. The first-order chi connectivity index (χ1) is 15.1. The van der Waals surface area contributed by atoms with Gasteiger partial charge in [-0.05, 0) is 43.3 Å². The van der Waals surface area contributed by atoms with E-state index < -0.39 is 35.0 Å². The molecule has 2 aromatic carbocycles. The van der Waals surface area contributed by atoms with Crippen LogP contribution in [0.4, 0.5) is 33.2 Å². The standard InChI is InChI=1S/C20H15F4N5O2S/c1-10-9-25-16(26-10)19(31,20(22,23)24)11-2-7-14-15(8-11)32-18(28-14)29-17(30)27-13-5-3-12(21)4-6-13/h2-9,31H,1H3,(H,25,26)(H2,27,28,29,30)/t19-/m0/s1. The molecule has 0 bridgehead atoms. The summed E-state index contributed by atoms with van der Waals surface area (Å²) >= 11 is 0.928. The number of alkyl halides is 3. The number of aryl methyl sites for hydroxylation is 1. The molecule has 4 rings (SSSR count). The summed E-state index contributed by atoms with van der Waals surface area (Å²) in [5.41, 5.74) is -2.77. The van der Waals surface area contributed by atoms with Gasteiger partial charge < -0.3 is 15.4 Å². The van der Waals surface area contributed by atoms with Crippen LogP contribution in [-0.2, 0) is 5.60 Å². The second kappa shape index (κ2) is 7.88. The summed E-state index contributed by atoms with van der Waals surface area (Å²) in [5, 5.41) is 15.8. The molecule has 0 fully saturated rings. The Balaban J connectivity index is 1.62. The van der Waals surface area contributed by atoms with Gasteiger partial charge in [0.25, 0.3) is 0 Å². The van der Waals surface area contributed by atoms with Crippen LogP contribution in [0.3, 0.4) is 0 Å². The Kier molecular flexibility index (Phi) is 5.34. The summed E-state index contributed by atoms with van der Waals surface area (Å²) in [7, 11) is 0. The van der Waals surface area contributed by atoms with Crippen LogP contribution < -0.4 is 10.6 Å². The maximum atomic E-state index is 13.9. The molecule has 0 radical (unpaired) electrons. The summed E-state index contributed by atoms with van der Waals surface area (Å²) < 4.78 is 54.9. The van der Waals surface area contributed by atoms with E-state index in [0.29, 0.717) is 21.6 Å². The average Bonchev–Trinajstić information content (AvgIpc) is 3.33. The quantitative estimate of drug-likeness (QED) is 0.322. The Morgan fingerprint density at radius 1 is 1.12 bits per heavy atom. The molecule has 2 aromatic heterocycles. The van der Waals surface area contributed by atoms with Gasteiger partial charge in [-0.25, -0.2) is 19.2 Å². The second-order valence-electron chi connectivity index (χ2n) is 6.91. The van der Waals surface area contributed by atoms with Crippen molar-refractivity contribution in [2.75, 3.05) is 10.6 Å². The molecular formula is C20H15F4N5O2S. The molecule has 1 atom stereocenters. The van der Waals surface area contributed by atoms with E-state index in [1.807, 2.05) is 0 Å². The lowest BCUT2D eigenvalue weighted by Gasteiger charge is -2.29. The number of aromatic nitrogens is 3. The van der Waals surface area contributed by atoms with Gasteiger partial charge in [-0.2, -0.15) is 13.2 Å². The number of carbonyl (C=O) groups excluding carboxylic acids is 1. The van der Waals surface area contributed by atoms with Crippen molar-refractivity contribution in [3.63, 3.8) is 0 Å². The Bertz CT molecular complexity index is 1290. The van der Waals surface area contributed by atoms with Crippen molar-refractivity contribution in [3.8, 4) is 0 Å². The van der Waals surface area contributed by atoms with Crippen LogP contribution in [0.1, 0.15) is 17.1 Å². The number of H-pyrrole nitrogens is 1. The Hall–Kier alpha value is -3.51. The molecule has 0 aliphatic rings. The monoisotopic (exact) mass is 465 g/mol. The van der Waals surface area contributed by atoms with Crippen LogP contribution >= 0.6 is 11.3 Å². The Morgan fingerprint density at radius 2 is 1.84 bits per heavy atom. The second-order valence-corrected chi connectivity index (χ2v) is 7.94. The topological polar surface area (TPSA) is 103 Å². The van der Waals surface area contributed by atoms with Crippen LogP contribution in [0.5, 0.6) is 0 Å². The predicted octanol–water partition coefficient (Wildman–Crippen LogP) is 4.91. The van der Waals surface area contributed by atoms with Crippen molar-refractivity contribution < 1.29 is 27.5 Å². The maximum Gasteiger partial charge on any atom is 0.428 e. The molecule has 4 aromatic rings. The highest BCUT2D eigenvalue weighted by Crippen LogP contribution is 2.44. The van der Waals surface area contributed by atoms with Crippen LogP contribution in [0, 0.1) is 12.7 Å². The maximum absolute atomic E-state index is 13.9. The third-order valence-corrected chi connectivity index (χ3v) is 5.52. The fourth-order valence-corrected chi connectivity index (χ4v) is 3.93. The number of carbonyl (C=O) groups is 1. The zero-order valence-electron chi connectivity index (χ0n) is 16.3. The lowest BCUT2D eigenvalue weighted by atomic mass is 9.92. The summed E-state index contributed by atoms with van der Waals surface area (Å²) in [5.74, 6) is -1.11. The molecule has 0 spiro atoms. The molecule has 0 aliphatic heterocycles. The highest BCUT2D eigenvalue weighted by Gasteiger charge is 2.58. The number of benzene rings is 2. The van der Waals surface area contributed by atoms with Gasteiger partial charge in [0.1, 0.15) is 5.82 Å². The minimum Gasteiger partial charge on any atom is -0.370 e. The number of aromatic amines is 1. The molecule has 166 valence electrons. The van der Waals surface area contributed by atoms with Crippen molar-refractivity contribution in [3.05, 3.63) is 71.6 Å². The number of aliphatic hydroxyl groups is 1. The molecule has 2 amide bonds. The van der Waals surface area contributed by atoms with E-state index in [9.17, 15) is 27.5 Å². The molecule has 7 nitrogen and oxygen atoms in total. The van der Waals surface area contributed by atoms with Crippen LogP contribution in [0.15, 0.2) is 48.7 Å². The number of imidazole rings is 1. The lowest BCUT2D eigenvalue weighted by Crippen LogP contribution is -2.44. The molecule has 32 heavy (non-hydrogen) atoms. The number of hydrogen-bond donors (Lipinski definition) is 4. The zero-order chi connectivity index (χ0) is 23.1. The Labute approximate surface area is 182 Å². The number of nitrogens with one attached hydrogen (secondary N) is 3. The SMILES string of the molecule is Cc1cnc([C@@](O)(c2ccc3nc(NC(=O)Nc4ccc(F)cc4)sc3c2)C(F)(F)F)[nH]1. The molecule has 0 unspecified atom stereocenters. The normalized spacial score (nSPS) is 13.7. The van der Waals surface area contributed by atoms with Crippen molar-refractivity contribution >= 4 is 38.4 Å². The van der Waals surface area contributed by atoms with Crippen molar-refractivity contribution in [1.29, 1.82) is 0 Å². The van der Waals surface area contributed by atoms with Gasteiger partial charge in [0, 0.05) is 23.1 Å². The third-order valence-electron chi connectivity index (χ3n) is 4.58. The van der Waals surface area contributed by atoms with E-state index in [1.165, 1.54) is 43.5 Å². The van der Waals surface area contributed by atoms with E-state index in [4.69, 9.17) is 0 Å². The Morgan fingerprint density at radius 3 is 2.47 bits per heavy atom. The van der Waals surface area contributed by atoms with E-state index in [1.54, 1.807) is 0 Å². The summed E-state index contributed by atoms with van der Waals surface area (Å²) in [4.78, 5) is 22.4. The molecule has 12 heteroatoms. The molecule has 4 N–H and O–H groups in total. The number of urea groups is 1. The van der Waals surface area contributed by atoms with Crippen molar-refractivity contribution in [2.24, 2.45) is 0 Å². The van der Waals surface area contributed by atoms with Crippen molar-refractivity contribution in [2.45, 2.75) is 18.7 Å². The minimum atomic E-state index is -5.05. The number of rotatable bonds is 4. The number of nitrogens with zero attached hydrogens (tertiary/aromatic N) is 2. The first kappa shape index (κ1) is 21.7. The number of anilines is 2. The number of hydrogen-bond acceptors (Lipinski definition) is 5. The number of thiazole rings is 1. The number of halogens is 4. The van der Waals surface area contributed by atoms with Gasteiger partial charge in [0.2, 0.25) is 5.60 Å².